The minimum atomic E-state index is -0.559. The van der Waals surface area contributed by atoms with Gasteiger partial charge in [-0.3, -0.25) is 0 Å². The molecule has 1 aliphatic rings. The average Bonchev–Trinajstić information content (AvgIpc) is 3.24. The Kier molecular flexibility index (Phi) is 4.30. The number of hydrogen-bond donors (Lipinski definition) is 0. The van der Waals surface area contributed by atoms with Gasteiger partial charge in [0.25, 0.3) is 11.6 Å². The van der Waals surface area contributed by atoms with Crippen molar-refractivity contribution in [2.75, 3.05) is 18.6 Å². The first-order valence-electron chi connectivity index (χ1n) is 9.12. The third-order valence-corrected chi connectivity index (χ3v) is 5.21. The maximum Gasteiger partial charge on any atom is 0.378 e. The zero-order valence-corrected chi connectivity index (χ0v) is 16.0. The lowest BCUT2D eigenvalue weighted by Gasteiger charge is -2.24. The van der Waals surface area contributed by atoms with Crippen molar-refractivity contribution in [3.63, 3.8) is 0 Å². The summed E-state index contributed by atoms with van der Waals surface area (Å²) in [6.07, 6.45) is 1.06. The van der Waals surface area contributed by atoms with E-state index in [1.54, 1.807) is 4.52 Å². The first-order chi connectivity index (χ1) is 13.0. The van der Waals surface area contributed by atoms with E-state index in [0.29, 0.717) is 17.7 Å². The quantitative estimate of drug-likeness (QED) is 0.665. The minimum Gasteiger partial charge on any atom is -0.463 e. The van der Waals surface area contributed by atoms with E-state index in [0.717, 1.165) is 24.5 Å². The lowest BCUT2D eigenvalue weighted by Crippen LogP contribution is -2.29. The molecule has 0 bridgehead atoms. The summed E-state index contributed by atoms with van der Waals surface area (Å²) in [7, 11) is 1.32. The summed E-state index contributed by atoms with van der Waals surface area (Å²) in [5.41, 5.74) is 3.46. The molecule has 1 aliphatic heterocycles. The number of anilines is 1. The minimum absolute atomic E-state index is 0.0267. The third kappa shape index (κ3) is 3.13. The Morgan fingerprint density at radius 2 is 1.93 bits per heavy atom. The van der Waals surface area contributed by atoms with Gasteiger partial charge in [0, 0.05) is 30.3 Å². The van der Waals surface area contributed by atoms with E-state index in [9.17, 15) is 4.79 Å². The molecular weight excluding hydrogens is 342 g/mol. The van der Waals surface area contributed by atoms with Crippen LogP contribution in [0.4, 0.5) is 5.82 Å². The van der Waals surface area contributed by atoms with Gasteiger partial charge in [0.05, 0.1) is 7.11 Å². The van der Waals surface area contributed by atoms with Crippen LogP contribution in [0.2, 0.25) is 0 Å². The molecule has 2 aromatic heterocycles. The van der Waals surface area contributed by atoms with Crippen molar-refractivity contribution in [3.8, 4) is 0 Å². The summed E-state index contributed by atoms with van der Waals surface area (Å²) < 4.78 is 6.39. The molecule has 3 aromatic rings. The number of rotatable bonds is 3. The zero-order chi connectivity index (χ0) is 19.1. The van der Waals surface area contributed by atoms with E-state index in [1.807, 2.05) is 13.0 Å². The van der Waals surface area contributed by atoms with Crippen LogP contribution in [0.5, 0.6) is 0 Å². The maximum absolute atomic E-state index is 11.8. The molecule has 2 atom stereocenters. The van der Waals surface area contributed by atoms with Gasteiger partial charge in [-0.25, -0.2) is 9.78 Å². The summed E-state index contributed by atoms with van der Waals surface area (Å²) in [5.74, 6) is 1.24. The number of fused-ring (bicyclic) bond motifs is 1. The summed E-state index contributed by atoms with van der Waals surface area (Å²) in [6.45, 7) is 7.13. The van der Waals surface area contributed by atoms with Crippen LogP contribution in [0.15, 0.2) is 30.3 Å². The van der Waals surface area contributed by atoms with Crippen LogP contribution in [0, 0.1) is 13.8 Å². The van der Waals surface area contributed by atoms with Gasteiger partial charge in [-0.2, -0.15) is 9.50 Å². The van der Waals surface area contributed by atoms with E-state index in [2.05, 4.69) is 58.1 Å². The van der Waals surface area contributed by atoms with Gasteiger partial charge in [-0.05, 0) is 32.8 Å². The number of carbonyl (C=O) groups excluding carboxylic acids is 1. The first kappa shape index (κ1) is 17.5. The second-order valence-electron chi connectivity index (χ2n) is 7.24. The molecule has 7 heteroatoms. The fourth-order valence-corrected chi connectivity index (χ4v) is 3.78. The summed E-state index contributed by atoms with van der Waals surface area (Å²) in [4.78, 5) is 22.8. The van der Waals surface area contributed by atoms with Crippen LogP contribution >= 0.6 is 0 Å². The van der Waals surface area contributed by atoms with E-state index >= 15 is 0 Å². The number of aromatic nitrogens is 4. The van der Waals surface area contributed by atoms with Gasteiger partial charge < -0.3 is 9.64 Å². The maximum atomic E-state index is 11.8. The Hall–Kier alpha value is -2.96. The highest BCUT2D eigenvalue weighted by molar-refractivity contribution is 5.85. The van der Waals surface area contributed by atoms with Gasteiger partial charge in [0.1, 0.15) is 5.82 Å². The van der Waals surface area contributed by atoms with E-state index in [1.165, 1.54) is 18.2 Å². The molecule has 7 nitrogen and oxygen atoms in total. The molecular formula is C20H23N5O2. The number of hydrogen-bond acceptors (Lipinski definition) is 6. The number of esters is 1. The Labute approximate surface area is 158 Å². The molecule has 0 spiro atoms. The lowest BCUT2D eigenvalue weighted by atomic mass is 9.96. The standard InChI is InChI=1S/C20H23N5O2/c1-12-5-7-15(8-6-12)16-10-14(3)24(11-16)17-9-13(2)21-20-22-18(19(26)27-4)23-25(17)20/h5-9,14,16H,10-11H2,1-4H3. The molecule has 0 radical (unpaired) electrons. The highest BCUT2D eigenvalue weighted by Gasteiger charge is 2.32. The zero-order valence-electron chi connectivity index (χ0n) is 16.0. The van der Waals surface area contributed by atoms with Gasteiger partial charge in [-0.15, -0.1) is 5.10 Å². The normalized spacial score (nSPS) is 19.6. The van der Waals surface area contributed by atoms with Crippen molar-refractivity contribution in [1.82, 2.24) is 19.6 Å². The number of benzene rings is 1. The SMILES string of the molecule is COC(=O)c1nc2nc(C)cc(N3CC(c4ccc(C)cc4)CC3C)n2n1. The molecule has 2 unspecified atom stereocenters. The van der Waals surface area contributed by atoms with Gasteiger partial charge >= 0.3 is 5.97 Å². The number of nitrogens with zero attached hydrogens (tertiary/aromatic N) is 5. The number of ether oxygens (including phenoxy) is 1. The van der Waals surface area contributed by atoms with Crippen LogP contribution in [0.1, 0.15) is 46.7 Å². The van der Waals surface area contributed by atoms with Crippen LogP contribution in [0.25, 0.3) is 5.78 Å². The largest absolute Gasteiger partial charge is 0.463 e. The molecule has 1 saturated heterocycles. The van der Waals surface area contributed by atoms with Crippen molar-refractivity contribution >= 4 is 17.6 Å². The average molecular weight is 365 g/mol. The van der Waals surface area contributed by atoms with E-state index < -0.39 is 5.97 Å². The van der Waals surface area contributed by atoms with Crippen molar-refractivity contribution < 1.29 is 9.53 Å². The fourth-order valence-electron chi connectivity index (χ4n) is 3.78. The molecule has 0 aliphatic carbocycles. The molecule has 3 heterocycles. The van der Waals surface area contributed by atoms with Crippen LogP contribution in [-0.4, -0.2) is 45.2 Å². The highest BCUT2D eigenvalue weighted by atomic mass is 16.5. The van der Waals surface area contributed by atoms with Gasteiger partial charge in [0.2, 0.25) is 0 Å². The Bertz CT molecular complexity index is 996. The molecule has 1 aromatic carbocycles. The summed E-state index contributed by atoms with van der Waals surface area (Å²) in [6, 6.07) is 11.1. The Balaban J connectivity index is 1.71. The third-order valence-electron chi connectivity index (χ3n) is 5.21. The topological polar surface area (TPSA) is 72.6 Å². The van der Waals surface area contributed by atoms with Crippen LogP contribution in [-0.2, 0) is 4.74 Å². The molecule has 0 amide bonds. The van der Waals surface area contributed by atoms with Crippen molar-refractivity contribution in [3.05, 3.63) is 53.0 Å². The molecule has 27 heavy (non-hydrogen) atoms. The second kappa shape index (κ2) is 6.64. The van der Waals surface area contributed by atoms with Crippen LogP contribution < -0.4 is 4.90 Å². The van der Waals surface area contributed by atoms with Gasteiger partial charge in [0.15, 0.2) is 0 Å². The van der Waals surface area contributed by atoms with Gasteiger partial charge in [-0.1, -0.05) is 29.8 Å². The van der Waals surface area contributed by atoms with Crippen molar-refractivity contribution in [2.24, 2.45) is 0 Å². The molecule has 4 rings (SSSR count). The highest BCUT2D eigenvalue weighted by Crippen LogP contribution is 2.35. The smallest absolute Gasteiger partial charge is 0.378 e. The second-order valence-corrected chi connectivity index (χ2v) is 7.24. The van der Waals surface area contributed by atoms with Crippen molar-refractivity contribution in [1.29, 1.82) is 0 Å². The Morgan fingerprint density at radius 1 is 1.19 bits per heavy atom. The van der Waals surface area contributed by atoms with E-state index in [4.69, 9.17) is 4.74 Å². The lowest BCUT2D eigenvalue weighted by molar-refractivity contribution is 0.0587. The number of carbonyl (C=O) groups is 1. The van der Waals surface area contributed by atoms with Crippen LogP contribution in [0.3, 0.4) is 0 Å². The van der Waals surface area contributed by atoms with Crippen molar-refractivity contribution in [2.45, 2.75) is 39.2 Å². The summed E-state index contributed by atoms with van der Waals surface area (Å²) in [5, 5.41) is 4.34. The molecule has 1 fully saturated rings. The van der Waals surface area contributed by atoms with E-state index in [-0.39, 0.29) is 5.82 Å². The Morgan fingerprint density at radius 3 is 2.63 bits per heavy atom. The summed E-state index contributed by atoms with van der Waals surface area (Å²) >= 11 is 0. The molecule has 0 N–H and O–H groups in total. The first-order valence-corrected chi connectivity index (χ1v) is 9.12. The predicted octanol–water partition coefficient (Wildman–Crippen LogP) is 2.91. The number of aryl methyl sites for hydroxylation is 2. The number of methoxy groups -OCH3 is 1. The molecule has 0 saturated carbocycles. The fraction of sp³-hybridized carbons (Fsp3) is 0.400. The predicted molar refractivity (Wildman–Crippen MR) is 102 cm³/mol. The monoisotopic (exact) mass is 365 g/mol. The molecule has 140 valence electrons.